The Balaban J connectivity index is 2.11. The van der Waals surface area contributed by atoms with Crippen molar-refractivity contribution >= 4 is 5.91 Å². The van der Waals surface area contributed by atoms with Crippen molar-refractivity contribution in [3.8, 4) is 0 Å². The van der Waals surface area contributed by atoms with E-state index in [4.69, 9.17) is 0 Å². The molecule has 0 aromatic rings. The van der Waals surface area contributed by atoms with E-state index in [1.807, 2.05) is 0 Å². The predicted octanol–water partition coefficient (Wildman–Crippen LogP) is 3.25. The smallest absolute Gasteiger partial charge is 0.241 e. The van der Waals surface area contributed by atoms with Crippen LogP contribution in [0.4, 0.5) is 0 Å². The highest BCUT2D eigenvalue weighted by atomic mass is 16.2. The highest BCUT2D eigenvalue weighted by molar-refractivity contribution is 5.84. The van der Waals surface area contributed by atoms with E-state index < -0.39 is 0 Å². The third kappa shape index (κ3) is 3.19. The number of nitrogens with one attached hydrogen (secondary N) is 1. The molecule has 3 atom stereocenters. The van der Waals surface area contributed by atoms with Gasteiger partial charge in [0.05, 0.1) is 12.2 Å². The van der Waals surface area contributed by atoms with Crippen molar-refractivity contribution in [2.75, 3.05) is 6.54 Å². The maximum absolute atomic E-state index is 12.7. The summed E-state index contributed by atoms with van der Waals surface area (Å²) in [5, 5.41) is 3.65. The quantitative estimate of drug-likeness (QED) is 0.838. The van der Waals surface area contributed by atoms with Crippen LogP contribution in [0.5, 0.6) is 0 Å². The van der Waals surface area contributed by atoms with E-state index in [2.05, 4.69) is 44.8 Å². The molecule has 1 aliphatic heterocycles. The first-order chi connectivity index (χ1) is 9.41. The second kappa shape index (κ2) is 6.46. The van der Waals surface area contributed by atoms with E-state index in [-0.39, 0.29) is 6.04 Å². The molecular weight excluding hydrogens is 248 g/mol. The molecule has 0 spiro atoms. The Kier molecular flexibility index (Phi) is 5.11. The van der Waals surface area contributed by atoms with E-state index >= 15 is 0 Å². The lowest BCUT2D eigenvalue weighted by Gasteiger charge is -2.32. The second-order valence-corrected chi connectivity index (χ2v) is 7.59. The summed E-state index contributed by atoms with van der Waals surface area (Å²) in [4.78, 5) is 14.9. The van der Waals surface area contributed by atoms with Crippen LogP contribution in [0.15, 0.2) is 0 Å². The lowest BCUT2D eigenvalue weighted by Crippen LogP contribution is -2.45. The third-order valence-electron chi connectivity index (χ3n) is 5.37. The maximum Gasteiger partial charge on any atom is 0.241 e. The first kappa shape index (κ1) is 15.8. The fourth-order valence-corrected chi connectivity index (χ4v) is 3.53. The van der Waals surface area contributed by atoms with Crippen LogP contribution in [0, 0.1) is 23.7 Å². The summed E-state index contributed by atoms with van der Waals surface area (Å²) >= 11 is 0. The highest BCUT2D eigenvalue weighted by Gasteiger charge is 2.44. The normalized spacial score (nSPS) is 29.9. The van der Waals surface area contributed by atoms with Gasteiger partial charge in [0.25, 0.3) is 0 Å². The highest BCUT2D eigenvalue weighted by Crippen LogP contribution is 2.33. The minimum atomic E-state index is 0.0277. The Morgan fingerprint density at radius 3 is 2.25 bits per heavy atom. The summed E-state index contributed by atoms with van der Waals surface area (Å²) in [7, 11) is 0. The molecule has 0 aromatic carbocycles. The van der Waals surface area contributed by atoms with Crippen LogP contribution >= 0.6 is 0 Å². The van der Waals surface area contributed by atoms with E-state index in [9.17, 15) is 4.79 Å². The van der Waals surface area contributed by atoms with Crippen molar-refractivity contribution < 1.29 is 4.79 Å². The molecule has 1 saturated heterocycles. The zero-order valence-electron chi connectivity index (χ0n) is 13.9. The van der Waals surface area contributed by atoms with Gasteiger partial charge in [0, 0.05) is 6.54 Å². The summed E-state index contributed by atoms with van der Waals surface area (Å²) in [5.41, 5.74) is 0. The zero-order valence-corrected chi connectivity index (χ0v) is 13.9. The van der Waals surface area contributed by atoms with Crippen molar-refractivity contribution in [3.63, 3.8) is 0 Å². The van der Waals surface area contributed by atoms with Crippen LogP contribution in [0.25, 0.3) is 0 Å². The predicted molar refractivity (Wildman–Crippen MR) is 83.2 cm³/mol. The minimum Gasteiger partial charge on any atom is -0.325 e. The van der Waals surface area contributed by atoms with Gasteiger partial charge in [-0.25, -0.2) is 0 Å². The van der Waals surface area contributed by atoms with Gasteiger partial charge < -0.3 is 4.90 Å². The number of nitrogens with zero attached hydrogens (tertiary/aromatic N) is 1. The van der Waals surface area contributed by atoms with Gasteiger partial charge in [-0.3, -0.25) is 10.1 Å². The van der Waals surface area contributed by atoms with E-state index in [1.54, 1.807) is 0 Å². The van der Waals surface area contributed by atoms with Crippen LogP contribution in [0.2, 0.25) is 0 Å². The number of rotatable bonds is 5. The molecule has 1 saturated carbocycles. The SMILES string of the molecule is CC(C)C(C)CN1C(=O)C(C(C)C)NC1C1CCCC1. The Morgan fingerprint density at radius 2 is 1.75 bits per heavy atom. The molecule has 2 aliphatic rings. The topological polar surface area (TPSA) is 32.3 Å². The van der Waals surface area contributed by atoms with E-state index in [0.717, 1.165) is 6.54 Å². The monoisotopic (exact) mass is 280 g/mol. The average molecular weight is 280 g/mol. The fourth-order valence-electron chi connectivity index (χ4n) is 3.53. The van der Waals surface area contributed by atoms with Gasteiger partial charge in [-0.05, 0) is 36.5 Å². The van der Waals surface area contributed by atoms with Gasteiger partial charge in [-0.2, -0.15) is 0 Å². The minimum absolute atomic E-state index is 0.0277. The standard InChI is InChI=1S/C17H32N2O/c1-11(2)13(5)10-19-16(14-8-6-7-9-14)18-15(12(3)4)17(19)20/h11-16,18H,6-10H2,1-5H3. The Hall–Kier alpha value is -0.570. The summed E-state index contributed by atoms with van der Waals surface area (Å²) in [6.07, 6.45) is 5.51. The van der Waals surface area contributed by atoms with Gasteiger partial charge in [0.1, 0.15) is 0 Å². The molecule has 0 bridgehead atoms. The Morgan fingerprint density at radius 1 is 1.15 bits per heavy atom. The van der Waals surface area contributed by atoms with Gasteiger partial charge in [0.2, 0.25) is 5.91 Å². The van der Waals surface area contributed by atoms with Crippen molar-refractivity contribution in [3.05, 3.63) is 0 Å². The van der Waals surface area contributed by atoms with Crippen molar-refractivity contribution in [2.45, 2.75) is 72.5 Å². The van der Waals surface area contributed by atoms with Gasteiger partial charge in [-0.1, -0.05) is 47.5 Å². The largest absolute Gasteiger partial charge is 0.325 e. The molecule has 2 fully saturated rings. The molecule has 3 unspecified atom stereocenters. The molecule has 1 N–H and O–H groups in total. The van der Waals surface area contributed by atoms with Crippen LogP contribution in [0.1, 0.15) is 60.3 Å². The first-order valence-electron chi connectivity index (χ1n) is 8.48. The summed E-state index contributed by atoms with van der Waals surface area (Å²) in [6, 6.07) is 0.0277. The average Bonchev–Trinajstić information content (AvgIpc) is 2.98. The summed E-state index contributed by atoms with van der Waals surface area (Å²) in [6.45, 7) is 12.0. The molecule has 1 heterocycles. The molecule has 0 aromatic heterocycles. The van der Waals surface area contributed by atoms with Crippen molar-refractivity contribution in [2.24, 2.45) is 23.7 Å². The lowest BCUT2D eigenvalue weighted by molar-refractivity contribution is -0.132. The summed E-state index contributed by atoms with van der Waals surface area (Å²) < 4.78 is 0. The molecule has 20 heavy (non-hydrogen) atoms. The van der Waals surface area contributed by atoms with Gasteiger partial charge >= 0.3 is 0 Å². The molecule has 1 amide bonds. The summed E-state index contributed by atoms with van der Waals surface area (Å²) in [5.74, 6) is 2.58. The lowest BCUT2D eigenvalue weighted by atomic mass is 9.96. The molecule has 2 rings (SSSR count). The number of amides is 1. The zero-order chi connectivity index (χ0) is 14.9. The molecule has 116 valence electrons. The Bertz CT molecular complexity index is 334. The van der Waals surface area contributed by atoms with Gasteiger partial charge in [0.15, 0.2) is 0 Å². The molecule has 3 heteroatoms. The van der Waals surface area contributed by atoms with Crippen LogP contribution in [0.3, 0.4) is 0 Å². The van der Waals surface area contributed by atoms with E-state index in [0.29, 0.717) is 35.7 Å². The fraction of sp³-hybridized carbons (Fsp3) is 0.941. The molecular formula is C17H32N2O. The molecule has 3 nitrogen and oxygen atoms in total. The van der Waals surface area contributed by atoms with Crippen LogP contribution in [-0.4, -0.2) is 29.6 Å². The van der Waals surface area contributed by atoms with Gasteiger partial charge in [-0.15, -0.1) is 0 Å². The van der Waals surface area contributed by atoms with Crippen molar-refractivity contribution in [1.29, 1.82) is 0 Å². The van der Waals surface area contributed by atoms with Crippen LogP contribution in [-0.2, 0) is 4.79 Å². The third-order valence-corrected chi connectivity index (χ3v) is 5.37. The number of hydrogen-bond donors (Lipinski definition) is 1. The molecule has 1 aliphatic carbocycles. The number of carbonyl (C=O) groups excluding carboxylic acids is 1. The first-order valence-corrected chi connectivity index (χ1v) is 8.48. The van der Waals surface area contributed by atoms with Crippen LogP contribution < -0.4 is 5.32 Å². The van der Waals surface area contributed by atoms with E-state index in [1.165, 1.54) is 25.7 Å². The number of hydrogen-bond acceptors (Lipinski definition) is 2. The second-order valence-electron chi connectivity index (χ2n) is 7.59. The number of carbonyl (C=O) groups is 1. The molecule has 0 radical (unpaired) electrons. The van der Waals surface area contributed by atoms with Crippen molar-refractivity contribution in [1.82, 2.24) is 10.2 Å². The maximum atomic E-state index is 12.7. The Labute approximate surface area is 124 Å².